The average Bonchev–Trinajstić information content (AvgIpc) is 3.13. The van der Waals surface area contributed by atoms with Crippen LogP contribution in [0.4, 0.5) is 4.79 Å². The summed E-state index contributed by atoms with van der Waals surface area (Å²) >= 11 is 0. The first-order chi connectivity index (χ1) is 18.4. The summed E-state index contributed by atoms with van der Waals surface area (Å²) in [7, 11) is 7.76. The Balaban J connectivity index is 2.94. The zero-order chi connectivity index (χ0) is 30.7. The molecule has 1 heterocycles. The van der Waals surface area contributed by atoms with E-state index >= 15 is 0 Å². The van der Waals surface area contributed by atoms with Crippen LogP contribution in [0, 0.1) is 11.3 Å². The molecule has 0 saturated carbocycles. The summed E-state index contributed by atoms with van der Waals surface area (Å²) < 4.78 is 25.9. The molecule has 0 aromatic rings. The van der Waals surface area contributed by atoms with Crippen molar-refractivity contribution in [3.8, 4) is 6.07 Å². The summed E-state index contributed by atoms with van der Waals surface area (Å²) in [5, 5.41) is 14.6. The van der Waals surface area contributed by atoms with E-state index in [0.717, 1.165) is 0 Å². The first kappa shape index (κ1) is 37.3. The molecule has 2 radical (unpaired) electrons. The van der Waals surface area contributed by atoms with Crippen molar-refractivity contribution in [2.24, 2.45) is 0 Å². The third-order valence-electron chi connectivity index (χ3n) is 5.15. The summed E-state index contributed by atoms with van der Waals surface area (Å²) in [4.78, 5) is 25.7. The van der Waals surface area contributed by atoms with Gasteiger partial charge in [0.15, 0.2) is 0 Å². The summed E-state index contributed by atoms with van der Waals surface area (Å²) in [5.41, 5.74) is -0.690. The predicted octanol–water partition coefficient (Wildman–Crippen LogP) is 5.12. The number of hydrogen-bond donors (Lipinski definition) is 2. The normalized spacial score (nSPS) is 21.4. The fourth-order valence-corrected chi connectivity index (χ4v) is 7.91. The second-order valence-corrected chi connectivity index (χ2v) is 16.6. The largest absolute Gasteiger partial charge is 0.444 e. The molecule has 2 N–H and O–H groups in total. The summed E-state index contributed by atoms with van der Waals surface area (Å²) in [6.45, 7) is 20.2. The van der Waals surface area contributed by atoms with Crippen LogP contribution in [0.25, 0.3) is 0 Å². The Bertz CT molecular complexity index is 829. The third-order valence-corrected chi connectivity index (χ3v) is 10.6. The van der Waals surface area contributed by atoms with Crippen LogP contribution >= 0.6 is 30.1 Å². The van der Waals surface area contributed by atoms with E-state index in [2.05, 4.69) is 69.8 Å². The van der Waals surface area contributed by atoms with Crippen molar-refractivity contribution in [2.45, 2.75) is 129 Å². The Labute approximate surface area is 251 Å². The zero-order valence-electron chi connectivity index (χ0n) is 25.7. The number of nitriles is 1. The highest BCUT2D eigenvalue weighted by atomic mass is 33.1. The SMILES string of the molecule is [B]C1CC(OP(OCCC#N)N(C(C)C)C(C)C)C(CNC(=O)C(CSSC(C)(C)C)NC(=O)OC(C)(C)C)O1. The van der Waals surface area contributed by atoms with Crippen molar-refractivity contribution in [1.82, 2.24) is 15.3 Å². The van der Waals surface area contributed by atoms with Crippen LogP contribution in [0.15, 0.2) is 0 Å². The highest BCUT2D eigenvalue weighted by molar-refractivity contribution is 8.77. The lowest BCUT2D eigenvalue weighted by atomic mass is 9.96. The van der Waals surface area contributed by atoms with Crippen LogP contribution < -0.4 is 10.6 Å². The molecule has 1 saturated heterocycles. The molecule has 1 aliphatic rings. The first-order valence-electron chi connectivity index (χ1n) is 13.7. The first-order valence-corrected chi connectivity index (χ1v) is 17.1. The van der Waals surface area contributed by atoms with Crippen LogP contribution in [-0.2, 0) is 23.3 Å². The lowest BCUT2D eigenvalue weighted by molar-refractivity contribution is -0.123. The van der Waals surface area contributed by atoms with Gasteiger partial charge < -0.3 is 29.2 Å². The smallest absolute Gasteiger partial charge is 0.408 e. The third kappa shape index (κ3) is 14.9. The quantitative estimate of drug-likeness (QED) is 0.111. The summed E-state index contributed by atoms with van der Waals surface area (Å²) in [6, 6.07) is 1.02. The molecule has 0 aromatic carbocycles. The number of carbonyl (C=O) groups is 2. The van der Waals surface area contributed by atoms with Gasteiger partial charge in [-0.2, -0.15) is 5.26 Å². The molecule has 0 spiro atoms. The van der Waals surface area contributed by atoms with Crippen LogP contribution in [0.3, 0.4) is 0 Å². The lowest BCUT2D eigenvalue weighted by Crippen LogP contribution is -2.51. The van der Waals surface area contributed by atoms with Crippen LogP contribution in [0.2, 0.25) is 0 Å². The number of carbonyl (C=O) groups excluding carboxylic acids is 2. The van der Waals surface area contributed by atoms with Crippen LogP contribution in [0.5, 0.6) is 0 Å². The molecule has 10 nitrogen and oxygen atoms in total. The van der Waals surface area contributed by atoms with Gasteiger partial charge in [-0.05, 0) is 54.9 Å². The second kappa shape index (κ2) is 17.4. The van der Waals surface area contributed by atoms with E-state index in [4.69, 9.17) is 31.6 Å². The van der Waals surface area contributed by atoms with E-state index in [9.17, 15) is 9.59 Å². The number of hydrogen-bond acceptors (Lipinski definition) is 10. The Hall–Kier alpha value is -0.735. The van der Waals surface area contributed by atoms with Gasteiger partial charge in [0.1, 0.15) is 25.6 Å². The van der Waals surface area contributed by atoms with E-state index in [-0.39, 0.29) is 42.3 Å². The topological polar surface area (TPSA) is 122 Å². The fourth-order valence-electron chi connectivity index (χ4n) is 3.68. The number of amides is 2. The van der Waals surface area contributed by atoms with Crippen molar-refractivity contribution >= 4 is 50.0 Å². The van der Waals surface area contributed by atoms with Crippen molar-refractivity contribution in [3.63, 3.8) is 0 Å². The molecule has 5 atom stereocenters. The van der Waals surface area contributed by atoms with Crippen LogP contribution in [0.1, 0.15) is 82.1 Å². The molecule has 40 heavy (non-hydrogen) atoms. The van der Waals surface area contributed by atoms with Gasteiger partial charge in [0.2, 0.25) is 5.91 Å². The Morgan fingerprint density at radius 1 is 1.18 bits per heavy atom. The maximum atomic E-state index is 13.2. The molecular formula is C26H48BN4O6PS2. The lowest BCUT2D eigenvalue weighted by Gasteiger charge is -2.37. The zero-order valence-corrected chi connectivity index (χ0v) is 28.2. The van der Waals surface area contributed by atoms with Gasteiger partial charge >= 0.3 is 6.09 Å². The molecule has 1 aliphatic heterocycles. The van der Waals surface area contributed by atoms with E-state index < -0.39 is 44.5 Å². The van der Waals surface area contributed by atoms with Gasteiger partial charge in [-0.1, -0.05) is 42.4 Å². The fraction of sp³-hybridized carbons (Fsp3) is 0.885. The van der Waals surface area contributed by atoms with Gasteiger partial charge in [0, 0.05) is 35.1 Å². The number of nitrogens with zero attached hydrogens (tertiary/aromatic N) is 2. The van der Waals surface area contributed by atoms with Gasteiger partial charge in [-0.15, -0.1) is 0 Å². The van der Waals surface area contributed by atoms with E-state index in [0.29, 0.717) is 12.2 Å². The van der Waals surface area contributed by atoms with Crippen molar-refractivity contribution in [3.05, 3.63) is 0 Å². The molecule has 2 amide bonds. The highest BCUT2D eigenvalue weighted by Gasteiger charge is 2.39. The minimum atomic E-state index is -1.50. The molecular weight excluding hydrogens is 570 g/mol. The molecule has 0 aromatic heterocycles. The van der Waals surface area contributed by atoms with E-state index in [1.807, 2.05) is 0 Å². The van der Waals surface area contributed by atoms with Crippen molar-refractivity contribution in [2.75, 3.05) is 18.9 Å². The average molecular weight is 619 g/mol. The van der Waals surface area contributed by atoms with E-state index in [1.54, 1.807) is 31.6 Å². The van der Waals surface area contributed by atoms with E-state index in [1.165, 1.54) is 10.8 Å². The van der Waals surface area contributed by atoms with Gasteiger partial charge in [-0.3, -0.25) is 4.79 Å². The Morgan fingerprint density at radius 2 is 1.80 bits per heavy atom. The van der Waals surface area contributed by atoms with Crippen molar-refractivity contribution < 1.29 is 28.1 Å². The molecule has 5 unspecified atom stereocenters. The maximum absolute atomic E-state index is 13.2. The molecule has 1 rings (SSSR count). The highest BCUT2D eigenvalue weighted by Crippen LogP contribution is 2.49. The number of alkyl carbamates (subject to hydrolysis) is 1. The van der Waals surface area contributed by atoms with Crippen LogP contribution in [-0.4, -0.2) is 90.1 Å². The predicted molar refractivity (Wildman–Crippen MR) is 165 cm³/mol. The van der Waals surface area contributed by atoms with Gasteiger partial charge in [0.25, 0.3) is 8.53 Å². The summed E-state index contributed by atoms with van der Waals surface area (Å²) in [5.74, 6) is 0.00233. The maximum Gasteiger partial charge on any atom is 0.408 e. The minimum absolute atomic E-state index is 0.0104. The summed E-state index contributed by atoms with van der Waals surface area (Å²) in [6.07, 6.45) is -0.904. The molecule has 14 heteroatoms. The molecule has 1 fully saturated rings. The Morgan fingerprint density at radius 3 is 2.33 bits per heavy atom. The Kier molecular flexibility index (Phi) is 16.2. The van der Waals surface area contributed by atoms with Gasteiger partial charge in [0.05, 0.1) is 25.2 Å². The molecule has 0 bridgehead atoms. The molecule has 0 aliphatic carbocycles. The second-order valence-electron chi connectivity index (χ2n) is 12.1. The minimum Gasteiger partial charge on any atom is -0.444 e. The standard InChI is InChI=1S/C26H48BN4O6PS2/c1-17(2)31(18(3)4)38(34-13-11-12-28)37-20-14-22(27)35-21(20)15-29-23(32)19(16-39-40-26(8,9)10)30-24(33)36-25(5,6)7/h17-22H,11,13-16H2,1-10H3,(H,29,32)(H,30,33). The molecule has 228 valence electrons. The number of ether oxygens (including phenoxy) is 2. The van der Waals surface area contributed by atoms with Gasteiger partial charge in [-0.25, -0.2) is 9.46 Å². The number of rotatable bonds is 15. The number of nitrogens with one attached hydrogen (secondary N) is 2. The van der Waals surface area contributed by atoms with Crippen molar-refractivity contribution in [1.29, 1.82) is 5.26 Å². The monoisotopic (exact) mass is 618 g/mol.